The van der Waals surface area contributed by atoms with Crippen LogP contribution < -0.4 is 0 Å². The summed E-state index contributed by atoms with van der Waals surface area (Å²) in [5.41, 5.74) is 0.590. The fourth-order valence-electron chi connectivity index (χ4n) is 1.53. The SMILES string of the molecule is CCSCC[C@@H](C)N(C)C(=O)c1ccnc(Cl)c1. The van der Waals surface area contributed by atoms with E-state index in [1.54, 1.807) is 23.2 Å². The summed E-state index contributed by atoms with van der Waals surface area (Å²) < 4.78 is 0. The number of hydrogen-bond acceptors (Lipinski definition) is 3. The maximum atomic E-state index is 12.2. The number of carbonyl (C=O) groups excluding carboxylic acids is 1. The third-order valence-electron chi connectivity index (χ3n) is 2.84. The maximum absolute atomic E-state index is 12.2. The number of aromatic nitrogens is 1. The first-order valence-electron chi connectivity index (χ1n) is 6.02. The predicted octanol–water partition coefficient (Wildman–Crippen LogP) is 3.34. The molecule has 0 fully saturated rings. The van der Waals surface area contributed by atoms with Crippen molar-refractivity contribution in [2.45, 2.75) is 26.3 Å². The van der Waals surface area contributed by atoms with E-state index < -0.39 is 0 Å². The van der Waals surface area contributed by atoms with E-state index in [0.717, 1.165) is 17.9 Å². The van der Waals surface area contributed by atoms with E-state index in [-0.39, 0.29) is 11.9 Å². The van der Waals surface area contributed by atoms with Crippen LogP contribution in [0.4, 0.5) is 0 Å². The molecule has 1 amide bonds. The standard InChI is InChI=1S/C13H19ClN2OS/c1-4-18-8-6-10(2)16(3)13(17)11-5-7-15-12(14)9-11/h5,7,9-10H,4,6,8H2,1-3H3/t10-/m1/s1. The van der Waals surface area contributed by atoms with E-state index >= 15 is 0 Å². The minimum absolute atomic E-state index is 0.00621. The van der Waals surface area contributed by atoms with Gasteiger partial charge in [0.25, 0.3) is 5.91 Å². The number of nitrogens with zero attached hydrogens (tertiary/aromatic N) is 2. The van der Waals surface area contributed by atoms with Gasteiger partial charge in [0.1, 0.15) is 5.15 Å². The van der Waals surface area contributed by atoms with E-state index in [1.165, 1.54) is 0 Å². The lowest BCUT2D eigenvalue weighted by atomic mass is 10.2. The van der Waals surface area contributed by atoms with Gasteiger partial charge in [-0.25, -0.2) is 4.98 Å². The molecule has 0 bridgehead atoms. The highest BCUT2D eigenvalue weighted by atomic mass is 35.5. The molecule has 5 heteroatoms. The zero-order valence-electron chi connectivity index (χ0n) is 11.0. The normalized spacial score (nSPS) is 12.2. The van der Waals surface area contributed by atoms with Gasteiger partial charge >= 0.3 is 0 Å². The Bertz CT molecular complexity index is 400. The van der Waals surface area contributed by atoms with Gasteiger partial charge in [0.15, 0.2) is 0 Å². The van der Waals surface area contributed by atoms with Crippen molar-refractivity contribution in [3.63, 3.8) is 0 Å². The number of halogens is 1. The zero-order valence-corrected chi connectivity index (χ0v) is 12.6. The van der Waals surface area contributed by atoms with Gasteiger partial charge in [-0.15, -0.1) is 0 Å². The molecular weight excluding hydrogens is 268 g/mol. The highest BCUT2D eigenvalue weighted by Crippen LogP contribution is 2.13. The van der Waals surface area contributed by atoms with Crippen molar-refractivity contribution in [3.8, 4) is 0 Å². The molecule has 0 spiro atoms. The number of hydrogen-bond donors (Lipinski definition) is 0. The Morgan fingerprint density at radius 2 is 2.33 bits per heavy atom. The van der Waals surface area contributed by atoms with Crippen LogP contribution in [-0.4, -0.2) is 40.4 Å². The van der Waals surface area contributed by atoms with E-state index in [9.17, 15) is 4.79 Å². The number of thioether (sulfide) groups is 1. The summed E-state index contributed by atoms with van der Waals surface area (Å²) in [5.74, 6) is 2.18. The van der Waals surface area contributed by atoms with Gasteiger partial charge in [-0.2, -0.15) is 11.8 Å². The first-order valence-corrected chi connectivity index (χ1v) is 7.56. The zero-order chi connectivity index (χ0) is 13.5. The van der Waals surface area contributed by atoms with Gasteiger partial charge in [0.2, 0.25) is 0 Å². The topological polar surface area (TPSA) is 33.2 Å². The van der Waals surface area contributed by atoms with Crippen LogP contribution in [0.25, 0.3) is 0 Å². The van der Waals surface area contributed by atoms with Crippen LogP contribution >= 0.6 is 23.4 Å². The molecule has 18 heavy (non-hydrogen) atoms. The van der Waals surface area contributed by atoms with Crippen LogP contribution in [0.5, 0.6) is 0 Å². The van der Waals surface area contributed by atoms with E-state index in [2.05, 4.69) is 18.8 Å². The molecule has 0 radical (unpaired) electrons. The van der Waals surface area contributed by atoms with Gasteiger partial charge < -0.3 is 4.90 Å². The molecule has 0 unspecified atom stereocenters. The molecule has 100 valence electrons. The summed E-state index contributed by atoms with van der Waals surface area (Å²) in [6.45, 7) is 4.21. The van der Waals surface area contributed by atoms with Crippen molar-refractivity contribution in [1.82, 2.24) is 9.88 Å². The Morgan fingerprint density at radius 1 is 1.61 bits per heavy atom. The third kappa shape index (κ3) is 4.50. The van der Waals surface area contributed by atoms with Gasteiger partial charge in [0.05, 0.1) is 0 Å². The Hall–Kier alpha value is -0.740. The molecule has 0 aliphatic carbocycles. The number of amides is 1. The lowest BCUT2D eigenvalue weighted by molar-refractivity contribution is 0.0741. The van der Waals surface area contributed by atoms with Crippen LogP contribution in [0, 0.1) is 0 Å². The molecule has 0 saturated heterocycles. The van der Waals surface area contributed by atoms with E-state index in [0.29, 0.717) is 10.7 Å². The highest BCUT2D eigenvalue weighted by Gasteiger charge is 2.17. The lowest BCUT2D eigenvalue weighted by Gasteiger charge is -2.25. The predicted molar refractivity (Wildman–Crippen MR) is 78.4 cm³/mol. The number of pyridine rings is 1. The first-order chi connectivity index (χ1) is 8.56. The van der Waals surface area contributed by atoms with Crippen molar-refractivity contribution in [3.05, 3.63) is 29.0 Å². The summed E-state index contributed by atoms with van der Waals surface area (Å²) in [6.07, 6.45) is 2.56. The summed E-state index contributed by atoms with van der Waals surface area (Å²) in [6, 6.07) is 3.52. The van der Waals surface area contributed by atoms with Gasteiger partial charge in [-0.05, 0) is 37.0 Å². The van der Waals surface area contributed by atoms with Crippen LogP contribution in [0.3, 0.4) is 0 Å². The molecule has 0 saturated carbocycles. The minimum atomic E-state index is -0.00621. The van der Waals surface area contributed by atoms with Crippen molar-refractivity contribution in [2.75, 3.05) is 18.6 Å². The van der Waals surface area contributed by atoms with Crippen LogP contribution in [0.1, 0.15) is 30.6 Å². The Kier molecular flexibility index (Phi) is 6.50. The summed E-state index contributed by atoms with van der Waals surface area (Å²) in [5, 5.41) is 0.350. The molecule has 1 rings (SSSR count). The monoisotopic (exact) mass is 286 g/mol. The third-order valence-corrected chi connectivity index (χ3v) is 3.98. The van der Waals surface area contributed by atoms with Gasteiger partial charge in [0, 0.05) is 24.8 Å². The average molecular weight is 287 g/mol. The second-order valence-corrected chi connectivity index (χ2v) is 5.90. The highest BCUT2D eigenvalue weighted by molar-refractivity contribution is 7.99. The van der Waals surface area contributed by atoms with Crippen molar-refractivity contribution in [2.24, 2.45) is 0 Å². The van der Waals surface area contributed by atoms with E-state index in [4.69, 9.17) is 11.6 Å². The molecule has 1 aromatic heterocycles. The largest absolute Gasteiger partial charge is 0.339 e. The summed E-state index contributed by atoms with van der Waals surface area (Å²) in [7, 11) is 1.83. The quantitative estimate of drug-likeness (QED) is 0.594. The second kappa shape index (κ2) is 7.64. The molecule has 0 aliphatic rings. The smallest absolute Gasteiger partial charge is 0.254 e. The fraction of sp³-hybridized carbons (Fsp3) is 0.538. The molecule has 1 heterocycles. The Balaban J connectivity index is 2.60. The Labute approximate surface area is 118 Å². The van der Waals surface area contributed by atoms with Crippen LogP contribution in [0.15, 0.2) is 18.3 Å². The van der Waals surface area contributed by atoms with Gasteiger partial charge in [-0.1, -0.05) is 18.5 Å². The van der Waals surface area contributed by atoms with E-state index in [1.807, 2.05) is 18.8 Å². The average Bonchev–Trinajstić information content (AvgIpc) is 2.37. The molecule has 1 atom stereocenters. The summed E-state index contributed by atoms with van der Waals surface area (Å²) in [4.78, 5) is 17.8. The number of rotatable bonds is 6. The van der Waals surface area contributed by atoms with Crippen molar-refractivity contribution >= 4 is 29.3 Å². The molecular formula is C13H19ClN2OS. The molecule has 0 N–H and O–H groups in total. The lowest BCUT2D eigenvalue weighted by Crippen LogP contribution is -2.35. The molecule has 1 aromatic rings. The fourth-order valence-corrected chi connectivity index (χ4v) is 2.50. The minimum Gasteiger partial charge on any atom is -0.339 e. The van der Waals surface area contributed by atoms with Crippen molar-refractivity contribution in [1.29, 1.82) is 0 Å². The van der Waals surface area contributed by atoms with Crippen LogP contribution in [-0.2, 0) is 0 Å². The Morgan fingerprint density at radius 3 is 2.94 bits per heavy atom. The number of carbonyl (C=O) groups is 1. The second-order valence-electron chi connectivity index (χ2n) is 4.12. The maximum Gasteiger partial charge on any atom is 0.254 e. The van der Waals surface area contributed by atoms with Crippen LogP contribution in [0.2, 0.25) is 5.15 Å². The molecule has 0 aliphatic heterocycles. The summed E-state index contributed by atoms with van der Waals surface area (Å²) >= 11 is 7.69. The molecule has 0 aromatic carbocycles. The van der Waals surface area contributed by atoms with Gasteiger partial charge in [-0.3, -0.25) is 4.79 Å². The first kappa shape index (κ1) is 15.3. The van der Waals surface area contributed by atoms with Crippen molar-refractivity contribution < 1.29 is 4.79 Å². The molecule has 3 nitrogen and oxygen atoms in total.